The van der Waals surface area contributed by atoms with E-state index < -0.39 is 0 Å². The van der Waals surface area contributed by atoms with Gasteiger partial charge in [0.25, 0.3) is 0 Å². The number of nitrogens with one attached hydrogen (secondary N) is 1. The van der Waals surface area contributed by atoms with Gasteiger partial charge in [0, 0.05) is 33.9 Å². The number of H-pyrrole nitrogens is 1. The lowest BCUT2D eigenvalue weighted by molar-refractivity contribution is 0.102. The molecule has 6 rings (SSSR count). The van der Waals surface area contributed by atoms with Gasteiger partial charge in [-0.3, -0.25) is 9.36 Å². The fourth-order valence-electron chi connectivity index (χ4n) is 3.91. The molecule has 3 heterocycles. The summed E-state index contributed by atoms with van der Waals surface area (Å²) in [5, 5.41) is 10.4. The molecule has 2 aromatic heterocycles. The molecule has 0 atom stereocenters. The van der Waals surface area contributed by atoms with Crippen LogP contribution in [0.5, 0.6) is 11.5 Å². The molecule has 0 amide bonds. The minimum Gasteiger partial charge on any atom is -0.454 e. The quantitative estimate of drug-likeness (QED) is 0.283. The Morgan fingerprint density at radius 2 is 1.79 bits per heavy atom. The largest absolute Gasteiger partial charge is 0.454 e. The van der Waals surface area contributed by atoms with E-state index in [0.29, 0.717) is 28.0 Å². The van der Waals surface area contributed by atoms with Crippen LogP contribution < -0.4 is 9.47 Å². The van der Waals surface area contributed by atoms with Gasteiger partial charge >= 0.3 is 0 Å². The van der Waals surface area contributed by atoms with Crippen LogP contribution in [0.25, 0.3) is 28.0 Å². The molecule has 0 saturated heterocycles. The summed E-state index contributed by atoms with van der Waals surface area (Å²) in [5.74, 6) is 2.34. The Balaban J connectivity index is 1.34. The van der Waals surface area contributed by atoms with Gasteiger partial charge in [-0.05, 0) is 36.4 Å². The standard InChI is InChI=1S/C25H18N4O3S/c30-21(19-13-26-20-9-5-4-8-18(19)20)14-33-25-28-27-24(29(25)17-6-2-1-3-7-17)16-10-11-22-23(12-16)32-15-31-22/h1-13,26H,14-15H2. The van der Waals surface area contributed by atoms with Gasteiger partial charge in [0.2, 0.25) is 6.79 Å². The lowest BCUT2D eigenvalue weighted by atomic mass is 10.1. The average Bonchev–Trinajstić information content (AvgIpc) is 3.60. The normalized spacial score (nSPS) is 12.4. The highest BCUT2D eigenvalue weighted by Crippen LogP contribution is 2.37. The molecular formula is C25H18N4O3S. The summed E-state index contributed by atoms with van der Waals surface area (Å²) >= 11 is 1.37. The summed E-state index contributed by atoms with van der Waals surface area (Å²) in [6, 6.07) is 23.4. The molecule has 1 N–H and O–H groups in total. The van der Waals surface area contributed by atoms with Crippen LogP contribution in [0.4, 0.5) is 0 Å². The number of fused-ring (bicyclic) bond motifs is 2. The molecule has 1 aliphatic heterocycles. The zero-order valence-corrected chi connectivity index (χ0v) is 18.2. The van der Waals surface area contributed by atoms with Crippen LogP contribution in [0.3, 0.4) is 0 Å². The highest BCUT2D eigenvalue weighted by molar-refractivity contribution is 7.99. The topological polar surface area (TPSA) is 82.0 Å². The van der Waals surface area contributed by atoms with E-state index in [9.17, 15) is 4.79 Å². The lowest BCUT2D eigenvalue weighted by Crippen LogP contribution is -2.04. The van der Waals surface area contributed by atoms with Crippen molar-refractivity contribution in [2.75, 3.05) is 12.5 Å². The van der Waals surface area contributed by atoms with E-state index in [1.165, 1.54) is 11.8 Å². The number of ether oxygens (including phenoxy) is 2. The van der Waals surface area contributed by atoms with Gasteiger partial charge in [0.05, 0.1) is 5.75 Å². The first kappa shape index (κ1) is 19.6. The fraction of sp³-hybridized carbons (Fsp3) is 0.0800. The Hall–Kier alpha value is -4.04. The van der Waals surface area contributed by atoms with E-state index in [1.54, 1.807) is 6.20 Å². The van der Waals surface area contributed by atoms with E-state index in [2.05, 4.69) is 15.2 Å². The molecule has 7 nitrogen and oxygen atoms in total. The van der Waals surface area contributed by atoms with E-state index in [0.717, 1.165) is 22.2 Å². The highest BCUT2D eigenvalue weighted by atomic mass is 32.2. The number of carbonyl (C=O) groups is 1. The van der Waals surface area contributed by atoms with Gasteiger partial charge in [-0.2, -0.15) is 0 Å². The monoisotopic (exact) mass is 454 g/mol. The summed E-state index contributed by atoms with van der Waals surface area (Å²) in [7, 11) is 0. The maximum Gasteiger partial charge on any atom is 0.231 e. The molecule has 8 heteroatoms. The zero-order chi connectivity index (χ0) is 22.2. The van der Waals surface area contributed by atoms with Gasteiger partial charge in [-0.25, -0.2) is 0 Å². The maximum absolute atomic E-state index is 13.0. The number of benzene rings is 3. The number of para-hydroxylation sites is 2. The van der Waals surface area contributed by atoms with E-state index in [1.807, 2.05) is 77.4 Å². The predicted molar refractivity (Wildman–Crippen MR) is 126 cm³/mol. The van der Waals surface area contributed by atoms with E-state index in [4.69, 9.17) is 9.47 Å². The van der Waals surface area contributed by atoms with Gasteiger partial charge < -0.3 is 14.5 Å². The summed E-state index contributed by atoms with van der Waals surface area (Å²) in [4.78, 5) is 16.2. The second-order valence-electron chi connectivity index (χ2n) is 7.50. The molecule has 5 aromatic rings. The summed E-state index contributed by atoms with van der Waals surface area (Å²) in [5.41, 5.74) is 3.39. The first-order valence-corrected chi connectivity index (χ1v) is 11.4. The number of rotatable bonds is 6. The molecule has 0 fully saturated rings. The van der Waals surface area contributed by atoms with Gasteiger partial charge in [-0.1, -0.05) is 48.2 Å². The van der Waals surface area contributed by atoms with Gasteiger partial charge in [0.1, 0.15) is 0 Å². The number of hydrogen-bond donors (Lipinski definition) is 1. The molecular weight excluding hydrogens is 436 g/mol. The van der Waals surface area contributed by atoms with E-state index >= 15 is 0 Å². The predicted octanol–water partition coefficient (Wildman–Crippen LogP) is 5.12. The number of hydrogen-bond acceptors (Lipinski definition) is 6. The maximum atomic E-state index is 13.0. The summed E-state index contributed by atoms with van der Waals surface area (Å²) in [6.45, 7) is 0.210. The average molecular weight is 455 g/mol. The third-order valence-corrected chi connectivity index (χ3v) is 6.43. The van der Waals surface area contributed by atoms with Crippen molar-refractivity contribution < 1.29 is 14.3 Å². The molecule has 33 heavy (non-hydrogen) atoms. The molecule has 0 bridgehead atoms. The van der Waals surface area contributed by atoms with Crippen LogP contribution >= 0.6 is 11.8 Å². The van der Waals surface area contributed by atoms with Crippen molar-refractivity contribution in [3.8, 4) is 28.6 Å². The number of carbonyl (C=O) groups excluding carboxylic acids is 1. The van der Waals surface area contributed by atoms with Gasteiger partial charge in [-0.15, -0.1) is 10.2 Å². The Kier molecular flexibility index (Phi) is 4.84. The van der Waals surface area contributed by atoms with Crippen LogP contribution in [-0.2, 0) is 0 Å². The highest BCUT2D eigenvalue weighted by Gasteiger charge is 2.21. The summed E-state index contributed by atoms with van der Waals surface area (Å²) < 4.78 is 12.9. The fourth-order valence-corrected chi connectivity index (χ4v) is 4.74. The second kappa shape index (κ2) is 8.14. The number of aromatic amines is 1. The van der Waals surface area contributed by atoms with Crippen LogP contribution in [0.15, 0.2) is 84.1 Å². The van der Waals surface area contributed by atoms with Crippen molar-refractivity contribution in [3.05, 3.63) is 84.6 Å². The molecule has 0 spiro atoms. The van der Waals surface area contributed by atoms with Gasteiger partial charge in [0.15, 0.2) is 28.3 Å². The van der Waals surface area contributed by atoms with Crippen molar-refractivity contribution in [3.63, 3.8) is 0 Å². The van der Waals surface area contributed by atoms with Crippen molar-refractivity contribution in [2.45, 2.75) is 5.16 Å². The first-order chi connectivity index (χ1) is 16.3. The Labute approximate surface area is 193 Å². The van der Waals surface area contributed by atoms with Crippen molar-refractivity contribution in [1.82, 2.24) is 19.7 Å². The van der Waals surface area contributed by atoms with Crippen molar-refractivity contribution in [2.24, 2.45) is 0 Å². The third kappa shape index (κ3) is 3.54. The van der Waals surface area contributed by atoms with Crippen LogP contribution in [0, 0.1) is 0 Å². The number of Topliss-reactive ketones (excluding diaryl/α,β-unsaturated/α-hetero) is 1. The van der Waals surface area contributed by atoms with E-state index in [-0.39, 0.29) is 18.3 Å². The Morgan fingerprint density at radius 3 is 2.70 bits per heavy atom. The number of thioether (sulfide) groups is 1. The first-order valence-electron chi connectivity index (χ1n) is 10.4. The zero-order valence-electron chi connectivity index (χ0n) is 17.4. The summed E-state index contributed by atoms with van der Waals surface area (Å²) in [6.07, 6.45) is 1.77. The number of aromatic nitrogens is 4. The third-order valence-electron chi connectivity index (χ3n) is 5.50. The Bertz CT molecular complexity index is 1480. The van der Waals surface area contributed by atoms with Crippen LogP contribution in [-0.4, -0.2) is 38.1 Å². The SMILES string of the molecule is O=C(CSc1nnc(-c2ccc3c(c2)OCO3)n1-c1ccccc1)c1c[nH]c2ccccc12. The molecule has 0 saturated carbocycles. The molecule has 3 aromatic carbocycles. The molecule has 0 aliphatic carbocycles. The smallest absolute Gasteiger partial charge is 0.231 e. The number of ketones is 1. The molecule has 0 unspecified atom stereocenters. The minimum absolute atomic E-state index is 0.0321. The van der Waals surface area contributed by atoms with Crippen molar-refractivity contribution >= 4 is 28.4 Å². The molecule has 0 radical (unpaired) electrons. The van der Waals surface area contributed by atoms with Crippen LogP contribution in [0.2, 0.25) is 0 Å². The molecule has 1 aliphatic rings. The van der Waals surface area contributed by atoms with Crippen LogP contribution in [0.1, 0.15) is 10.4 Å². The molecule has 162 valence electrons. The second-order valence-corrected chi connectivity index (χ2v) is 8.45. The minimum atomic E-state index is 0.0321. The number of nitrogens with zero attached hydrogens (tertiary/aromatic N) is 3. The van der Waals surface area contributed by atoms with Crippen molar-refractivity contribution in [1.29, 1.82) is 0 Å². The Morgan fingerprint density at radius 1 is 0.970 bits per heavy atom. The lowest BCUT2D eigenvalue weighted by Gasteiger charge is -2.10.